The van der Waals surface area contributed by atoms with E-state index in [2.05, 4.69) is 57.2 Å². The topological polar surface area (TPSA) is 96.9 Å². The van der Waals surface area contributed by atoms with Crippen molar-refractivity contribution >= 4 is 5.69 Å². The standard InChI is InChI=1S/C43H50N4O7/c1-8-54-36-11-9-34(10-12-36)47(28-29-13-16-45-37(20-29)32-23-40(50-4)43(53-7)41(24-32)51-5)35-14-17-46(18-15-35)27-30-19-33(26-44-25-30)31-21-38(48-2)42(52-6)39(22-31)49-3/h9-13,16,19-26,35H,8,14-15,17-18,27-28H2,1-7H3. The molecule has 0 unspecified atom stereocenters. The molecule has 1 saturated heterocycles. The number of aromatic nitrogens is 2. The van der Waals surface area contributed by atoms with Gasteiger partial charge in [0, 0.05) is 67.6 Å². The highest BCUT2D eigenvalue weighted by Gasteiger charge is 2.26. The average Bonchev–Trinajstić information content (AvgIpc) is 3.22. The van der Waals surface area contributed by atoms with Crippen molar-refractivity contribution < 1.29 is 33.2 Å². The highest BCUT2D eigenvalue weighted by molar-refractivity contribution is 5.71. The number of hydrogen-bond donors (Lipinski definition) is 0. The molecular formula is C43H50N4O7. The molecule has 0 N–H and O–H groups in total. The zero-order chi connectivity index (χ0) is 38.0. The van der Waals surface area contributed by atoms with Gasteiger partial charge in [0.1, 0.15) is 5.75 Å². The minimum absolute atomic E-state index is 0.334. The summed E-state index contributed by atoms with van der Waals surface area (Å²) in [7, 11) is 9.71. The van der Waals surface area contributed by atoms with Gasteiger partial charge < -0.3 is 38.1 Å². The molecule has 11 nitrogen and oxygen atoms in total. The lowest BCUT2D eigenvalue weighted by molar-refractivity contribution is 0.200. The number of benzene rings is 3. The van der Waals surface area contributed by atoms with Crippen molar-refractivity contribution in [2.45, 2.75) is 38.9 Å². The van der Waals surface area contributed by atoms with Crippen LogP contribution in [0.25, 0.3) is 22.4 Å². The van der Waals surface area contributed by atoms with E-state index < -0.39 is 0 Å². The maximum atomic E-state index is 5.78. The molecule has 0 saturated carbocycles. The highest BCUT2D eigenvalue weighted by atomic mass is 16.5. The third-order valence-electron chi connectivity index (χ3n) is 9.81. The Morgan fingerprint density at radius 2 is 1.24 bits per heavy atom. The van der Waals surface area contributed by atoms with Gasteiger partial charge in [0.15, 0.2) is 23.0 Å². The summed E-state index contributed by atoms with van der Waals surface area (Å²) < 4.78 is 39.3. The molecule has 0 amide bonds. The minimum atomic E-state index is 0.334. The van der Waals surface area contributed by atoms with Gasteiger partial charge in [-0.2, -0.15) is 0 Å². The van der Waals surface area contributed by atoms with E-state index in [1.165, 1.54) is 0 Å². The van der Waals surface area contributed by atoms with Crippen LogP contribution in [0.5, 0.6) is 40.2 Å². The van der Waals surface area contributed by atoms with E-state index in [4.69, 9.17) is 38.1 Å². The quantitative estimate of drug-likeness (QED) is 0.0989. The molecule has 1 aliphatic heterocycles. The van der Waals surface area contributed by atoms with Gasteiger partial charge in [0.25, 0.3) is 0 Å². The lowest BCUT2D eigenvalue weighted by atomic mass is 9.99. The third-order valence-corrected chi connectivity index (χ3v) is 9.81. The summed E-state index contributed by atoms with van der Waals surface area (Å²) in [5, 5.41) is 0. The molecule has 0 bridgehead atoms. The summed E-state index contributed by atoms with van der Waals surface area (Å²) in [6.07, 6.45) is 7.72. The Balaban J connectivity index is 1.20. The van der Waals surface area contributed by atoms with Crippen molar-refractivity contribution in [3.8, 4) is 62.6 Å². The summed E-state index contributed by atoms with van der Waals surface area (Å²) in [6, 6.07) is 23.0. The van der Waals surface area contributed by atoms with Crippen LogP contribution in [0.2, 0.25) is 0 Å². The van der Waals surface area contributed by atoms with E-state index in [0.717, 1.165) is 84.0 Å². The SMILES string of the molecule is CCOc1ccc(N(Cc2ccnc(-c3cc(OC)c(OC)c(OC)c3)c2)C2CCN(Cc3cncc(-c4cc(OC)c(OC)c(OC)c4)c3)CC2)cc1. The van der Waals surface area contributed by atoms with Gasteiger partial charge in [-0.15, -0.1) is 0 Å². The van der Waals surface area contributed by atoms with Crippen molar-refractivity contribution in [1.29, 1.82) is 0 Å². The van der Waals surface area contributed by atoms with Crippen LogP contribution < -0.4 is 38.1 Å². The molecular weight excluding hydrogens is 684 g/mol. The van der Waals surface area contributed by atoms with Gasteiger partial charge in [-0.05, 0) is 103 Å². The molecule has 2 aromatic heterocycles. The van der Waals surface area contributed by atoms with Crippen LogP contribution in [0.1, 0.15) is 30.9 Å². The first-order valence-corrected chi connectivity index (χ1v) is 18.1. The van der Waals surface area contributed by atoms with Gasteiger partial charge in [-0.25, -0.2) is 0 Å². The van der Waals surface area contributed by atoms with Gasteiger partial charge in [0.2, 0.25) is 11.5 Å². The fraction of sp³-hybridized carbons (Fsp3) is 0.349. The van der Waals surface area contributed by atoms with Crippen molar-refractivity contribution in [1.82, 2.24) is 14.9 Å². The zero-order valence-corrected chi connectivity index (χ0v) is 32.3. The number of hydrogen-bond acceptors (Lipinski definition) is 11. The Morgan fingerprint density at radius 3 is 1.80 bits per heavy atom. The summed E-state index contributed by atoms with van der Waals surface area (Å²) in [5.41, 5.74) is 7.12. The van der Waals surface area contributed by atoms with Crippen LogP contribution in [0.3, 0.4) is 0 Å². The van der Waals surface area contributed by atoms with Crippen molar-refractivity contribution in [2.24, 2.45) is 0 Å². The Hall–Kier alpha value is -5.68. The molecule has 0 spiro atoms. The first kappa shape index (κ1) is 38.1. The van der Waals surface area contributed by atoms with Gasteiger partial charge in [-0.3, -0.25) is 14.9 Å². The fourth-order valence-corrected chi connectivity index (χ4v) is 7.11. The molecule has 3 aromatic carbocycles. The Morgan fingerprint density at radius 1 is 0.648 bits per heavy atom. The molecule has 11 heteroatoms. The highest BCUT2D eigenvalue weighted by Crippen LogP contribution is 2.42. The van der Waals surface area contributed by atoms with Gasteiger partial charge >= 0.3 is 0 Å². The van der Waals surface area contributed by atoms with Gasteiger partial charge in [0.05, 0.1) is 55.0 Å². The van der Waals surface area contributed by atoms with Crippen LogP contribution in [-0.2, 0) is 13.1 Å². The second kappa shape index (κ2) is 17.9. The monoisotopic (exact) mass is 734 g/mol. The number of ether oxygens (including phenoxy) is 7. The number of nitrogens with zero attached hydrogens (tertiary/aromatic N) is 4. The lowest BCUT2D eigenvalue weighted by Crippen LogP contribution is -2.44. The minimum Gasteiger partial charge on any atom is -0.494 e. The van der Waals surface area contributed by atoms with Crippen LogP contribution in [0.15, 0.2) is 85.3 Å². The maximum absolute atomic E-state index is 5.78. The van der Waals surface area contributed by atoms with E-state index in [9.17, 15) is 0 Å². The summed E-state index contributed by atoms with van der Waals surface area (Å²) in [5.74, 6) is 4.39. The van der Waals surface area contributed by atoms with Crippen LogP contribution in [0, 0.1) is 0 Å². The normalized spacial score (nSPS) is 13.2. The van der Waals surface area contributed by atoms with E-state index in [-0.39, 0.29) is 0 Å². The summed E-state index contributed by atoms with van der Waals surface area (Å²) >= 11 is 0. The maximum Gasteiger partial charge on any atom is 0.203 e. The zero-order valence-electron chi connectivity index (χ0n) is 32.3. The first-order valence-electron chi connectivity index (χ1n) is 18.1. The molecule has 1 fully saturated rings. The van der Waals surface area contributed by atoms with Crippen molar-refractivity contribution in [3.63, 3.8) is 0 Å². The fourth-order valence-electron chi connectivity index (χ4n) is 7.11. The van der Waals surface area contributed by atoms with E-state index in [1.807, 2.05) is 49.8 Å². The average molecular weight is 735 g/mol. The Kier molecular flexibility index (Phi) is 12.6. The predicted molar refractivity (Wildman–Crippen MR) is 211 cm³/mol. The van der Waals surface area contributed by atoms with E-state index in [0.29, 0.717) is 47.1 Å². The molecule has 284 valence electrons. The Labute approximate surface area is 318 Å². The second-order valence-electron chi connectivity index (χ2n) is 13.0. The predicted octanol–water partition coefficient (Wildman–Crippen LogP) is 7.93. The number of methoxy groups -OCH3 is 6. The van der Waals surface area contributed by atoms with E-state index in [1.54, 1.807) is 42.7 Å². The molecule has 3 heterocycles. The number of pyridine rings is 2. The molecule has 0 atom stereocenters. The van der Waals surface area contributed by atoms with Crippen LogP contribution >= 0.6 is 0 Å². The molecule has 1 aliphatic rings. The molecule has 0 aliphatic carbocycles. The summed E-state index contributed by atoms with van der Waals surface area (Å²) in [6.45, 7) is 6.08. The van der Waals surface area contributed by atoms with Crippen molar-refractivity contribution in [2.75, 3.05) is 67.3 Å². The second-order valence-corrected chi connectivity index (χ2v) is 13.0. The van der Waals surface area contributed by atoms with Crippen LogP contribution in [-0.4, -0.2) is 83.3 Å². The lowest BCUT2D eigenvalue weighted by Gasteiger charge is -2.40. The third kappa shape index (κ3) is 8.58. The molecule has 6 rings (SSSR count). The van der Waals surface area contributed by atoms with Crippen LogP contribution in [0.4, 0.5) is 5.69 Å². The number of likely N-dealkylation sites (tertiary alicyclic amines) is 1. The summed E-state index contributed by atoms with van der Waals surface area (Å²) in [4.78, 5) is 14.4. The van der Waals surface area contributed by atoms with E-state index >= 15 is 0 Å². The number of anilines is 1. The molecule has 5 aromatic rings. The first-order chi connectivity index (χ1) is 26.4. The number of rotatable bonds is 16. The largest absolute Gasteiger partial charge is 0.494 e. The number of piperidine rings is 1. The smallest absolute Gasteiger partial charge is 0.203 e. The molecule has 0 radical (unpaired) electrons. The Bertz CT molecular complexity index is 1950. The van der Waals surface area contributed by atoms with Gasteiger partial charge in [-0.1, -0.05) is 0 Å². The molecule has 54 heavy (non-hydrogen) atoms. The van der Waals surface area contributed by atoms with Crippen molar-refractivity contribution in [3.05, 3.63) is 96.4 Å².